The van der Waals surface area contributed by atoms with Crippen molar-refractivity contribution in [3.05, 3.63) is 100.0 Å². The number of anilines is 1. The fraction of sp³-hybridized carbons (Fsp3) is 0.0526. The van der Waals surface area contributed by atoms with Crippen molar-refractivity contribution in [3.63, 3.8) is 0 Å². The molecule has 0 aliphatic carbocycles. The number of nitrogens with one attached hydrogen (secondary N) is 1. The van der Waals surface area contributed by atoms with Crippen molar-refractivity contribution in [2.24, 2.45) is 0 Å². The third-order valence-electron chi connectivity index (χ3n) is 3.59. The molecule has 25 heavy (non-hydrogen) atoms. The Morgan fingerprint density at radius 2 is 1.72 bits per heavy atom. The normalized spacial score (nSPS) is 10.5. The summed E-state index contributed by atoms with van der Waals surface area (Å²) in [6.07, 6.45) is 1.41. The number of benzene rings is 2. The van der Waals surface area contributed by atoms with Crippen molar-refractivity contribution in [3.8, 4) is 0 Å². The molecule has 0 saturated carbocycles. The topological polar surface area (TPSA) is 51.1 Å². The van der Waals surface area contributed by atoms with Gasteiger partial charge in [-0.2, -0.15) is 0 Å². The van der Waals surface area contributed by atoms with Gasteiger partial charge in [0.2, 0.25) is 0 Å². The molecule has 0 aliphatic heterocycles. The van der Waals surface area contributed by atoms with Crippen LogP contribution < -0.4 is 10.9 Å². The predicted octanol–water partition coefficient (Wildman–Crippen LogP) is 3.43. The minimum Gasteiger partial charge on any atom is -0.322 e. The number of pyridine rings is 1. The Labute approximate surface area is 142 Å². The highest BCUT2D eigenvalue weighted by Gasteiger charge is 2.09. The van der Waals surface area contributed by atoms with E-state index in [1.165, 1.54) is 59.3 Å². The fourth-order valence-corrected chi connectivity index (χ4v) is 2.36. The lowest BCUT2D eigenvalue weighted by molar-refractivity contribution is 0.102. The third-order valence-corrected chi connectivity index (χ3v) is 3.59. The molecule has 4 nitrogen and oxygen atoms in total. The molecule has 3 rings (SSSR count). The van der Waals surface area contributed by atoms with Gasteiger partial charge in [-0.25, -0.2) is 8.78 Å². The quantitative estimate of drug-likeness (QED) is 0.791. The van der Waals surface area contributed by atoms with Gasteiger partial charge < -0.3 is 9.88 Å². The Morgan fingerprint density at radius 1 is 0.960 bits per heavy atom. The Balaban J connectivity index is 1.82. The molecule has 0 fully saturated rings. The molecular formula is C19H14F2N2O2. The van der Waals surface area contributed by atoms with Crippen LogP contribution >= 0.6 is 0 Å². The summed E-state index contributed by atoms with van der Waals surface area (Å²) in [5, 5.41) is 2.62. The summed E-state index contributed by atoms with van der Waals surface area (Å²) in [5.74, 6) is -1.23. The number of hydrogen-bond acceptors (Lipinski definition) is 2. The average Bonchev–Trinajstić information content (AvgIpc) is 2.59. The van der Waals surface area contributed by atoms with Gasteiger partial charge in [-0.3, -0.25) is 9.59 Å². The first-order valence-electron chi connectivity index (χ1n) is 7.53. The molecule has 1 N–H and O–H groups in total. The molecule has 0 bridgehead atoms. The van der Waals surface area contributed by atoms with Crippen LogP contribution in [0.3, 0.4) is 0 Å². The number of carbonyl (C=O) groups excluding carboxylic acids is 1. The number of halogens is 2. The van der Waals surface area contributed by atoms with Crippen molar-refractivity contribution >= 4 is 11.6 Å². The second-order valence-corrected chi connectivity index (χ2v) is 5.47. The smallest absolute Gasteiger partial charge is 0.257 e. The first kappa shape index (κ1) is 16.6. The number of nitrogens with zero attached hydrogens (tertiary/aromatic N) is 1. The van der Waals surface area contributed by atoms with Gasteiger partial charge in [0, 0.05) is 18.0 Å². The SMILES string of the molecule is O=C(Nc1ccc(F)cc1)c1ccc(=O)n(Cc2cccc(F)c2)c1. The van der Waals surface area contributed by atoms with Crippen LogP contribution in [0.15, 0.2) is 71.7 Å². The molecule has 2 aromatic carbocycles. The second kappa shape index (κ2) is 7.09. The molecule has 1 heterocycles. The zero-order valence-corrected chi connectivity index (χ0v) is 13.1. The van der Waals surface area contributed by atoms with Crippen LogP contribution in [0, 0.1) is 11.6 Å². The van der Waals surface area contributed by atoms with E-state index in [0.717, 1.165) is 0 Å². The van der Waals surface area contributed by atoms with Crippen molar-refractivity contribution in [1.29, 1.82) is 0 Å². The lowest BCUT2D eigenvalue weighted by Gasteiger charge is -2.09. The fourth-order valence-electron chi connectivity index (χ4n) is 2.36. The highest BCUT2D eigenvalue weighted by Crippen LogP contribution is 2.11. The molecule has 0 radical (unpaired) electrons. The predicted molar refractivity (Wildman–Crippen MR) is 90.6 cm³/mol. The summed E-state index contributed by atoms with van der Waals surface area (Å²) in [5.41, 5.74) is 1.01. The highest BCUT2D eigenvalue weighted by molar-refractivity contribution is 6.04. The van der Waals surface area contributed by atoms with E-state index in [-0.39, 0.29) is 17.7 Å². The Hall–Kier alpha value is -3.28. The summed E-state index contributed by atoms with van der Waals surface area (Å²) in [6, 6.07) is 13.9. The number of hydrogen-bond donors (Lipinski definition) is 1. The van der Waals surface area contributed by atoms with E-state index >= 15 is 0 Å². The average molecular weight is 340 g/mol. The number of rotatable bonds is 4. The standard InChI is InChI=1S/C19H14F2N2O2/c20-15-5-7-17(8-6-15)22-19(25)14-4-9-18(24)23(12-14)11-13-2-1-3-16(21)10-13/h1-10,12H,11H2,(H,22,25). The van der Waals surface area contributed by atoms with Crippen LogP contribution in [0.5, 0.6) is 0 Å². The maximum Gasteiger partial charge on any atom is 0.257 e. The van der Waals surface area contributed by atoms with Gasteiger partial charge in [0.05, 0.1) is 12.1 Å². The minimum absolute atomic E-state index is 0.147. The van der Waals surface area contributed by atoms with E-state index in [2.05, 4.69) is 5.32 Å². The first-order chi connectivity index (χ1) is 12.0. The summed E-state index contributed by atoms with van der Waals surface area (Å²) in [7, 11) is 0. The summed E-state index contributed by atoms with van der Waals surface area (Å²) >= 11 is 0. The van der Waals surface area contributed by atoms with Crippen LogP contribution in [0.25, 0.3) is 0 Å². The number of aromatic nitrogens is 1. The van der Waals surface area contributed by atoms with Gasteiger partial charge in [-0.1, -0.05) is 12.1 Å². The minimum atomic E-state index is -0.431. The van der Waals surface area contributed by atoms with Crippen LogP contribution in [0.4, 0.5) is 14.5 Å². The molecule has 3 aromatic rings. The van der Waals surface area contributed by atoms with E-state index in [9.17, 15) is 18.4 Å². The lowest BCUT2D eigenvalue weighted by atomic mass is 10.2. The molecule has 0 saturated heterocycles. The maximum atomic E-state index is 13.3. The van der Waals surface area contributed by atoms with E-state index in [4.69, 9.17) is 0 Å². The molecular weight excluding hydrogens is 326 g/mol. The third kappa shape index (κ3) is 4.17. The molecule has 0 atom stereocenters. The first-order valence-corrected chi connectivity index (χ1v) is 7.53. The van der Waals surface area contributed by atoms with E-state index in [0.29, 0.717) is 11.3 Å². The van der Waals surface area contributed by atoms with Crippen molar-refractivity contribution in [1.82, 2.24) is 4.57 Å². The van der Waals surface area contributed by atoms with Crippen LogP contribution in [-0.2, 0) is 6.54 Å². The van der Waals surface area contributed by atoms with Gasteiger partial charge in [0.25, 0.3) is 11.5 Å². The zero-order chi connectivity index (χ0) is 17.8. The van der Waals surface area contributed by atoms with Gasteiger partial charge in [0.15, 0.2) is 0 Å². The lowest BCUT2D eigenvalue weighted by Crippen LogP contribution is -2.22. The van der Waals surface area contributed by atoms with Crippen molar-refractivity contribution < 1.29 is 13.6 Å². The van der Waals surface area contributed by atoms with Gasteiger partial charge >= 0.3 is 0 Å². The van der Waals surface area contributed by atoms with Crippen LogP contribution in [0.2, 0.25) is 0 Å². The van der Waals surface area contributed by atoms with E-state index in [1.807, 2.05) is 0 Å². The van der Waals surface area contributed by atoms with Gasteiger partial charge in [-0.15, -0.1) is 0 Å². The molecule has 0 spiro atoms. The molecule has 1 amide bonds. The molecule has 0 aliphatic rings. The van der Waals surface area contributed by atoms with Crippen LogP contribution in [0.1, 0.15) is 15.9 Å². The molecule has 0 unspecified atom stereocenters. The van der Waals surface area contributed by atoms with Crippen LogP contribution in [-0.4, -0.2) is 10.5 Å². The monoisotopic (exact) mass is 340 g/mol. The van der Waals surface area contributed by atoms with E-state index < -0.39 is 17.5 Å². The molecule has 126 valence electrons. The van der Waals surface area contributed by atoms with Crippen molar-refractivity contribution in [2.75, 3.05) is 5.32 Å². The van der Waals surface area contributed by atoms with Gasteiger partial charge in [0.1, 0.15) is 11.6 Å². The van der Waals surface area contributed by atoms with Gasteiger partial charge in [-0.05, 0) is 48.0 Å². The highest BCUT2D eigenvalue weighted by atomic mass is 19.1. The van der Waals surface area contributed by atoms with E-state index in [1.54, 1.807) is 12.1 Å². The Morgan fingerprint density at radius 3 is 2.44 bits per heavy atom. The number of amides is 1. The Kier molecular flexibility index (Phi) is 4.70. The Bertz CT molecular complexity index is 966. The summed E-state index contributed by atoms with van der Waals surface area (Å²) in [6.45, 7) is 0.147. The summed E-state index contributed by atoms with van der Waals surface area (Å²) in [4.78, 5) is 24.3. The van der Waals surface area contributed by atoms with Crippen molar-refractivity contribution in [2.45, 2.75) is 6.54 Å². The second-order valence-electron chi connectivity index (χ2n) is 5.47. The molecule has 6 heteroatoms. The maximum absolute atomic E-state index is 13.3. The number of carbonyl (C=O) groups is 1. The summed E-state index contributed by atoms with van der Waals surface area (Å²) < 4.78 is 27.5. The largest absolute Gasteiger partial charge is 0.322 e. The molecule has 1 aromatic heterocycles. The zero-order valence-electron chi connectivity index (χ0n) is 13.1.